The Kier molecular flexibility index (Phi) is 2.17. The number of amides is 1. The Hall–Kier alpha value is -1.68. The first-order valence-corrected chi connectivity index (χ1v) is 6.04. The quantitative estimate of drug-likeness (QED) is 0.811. The molecule has 0 atom stereocenters. The number of hydrogen-bond donors (Lipinski definition) is 1. The van der Waals surface area contributed by atoms with Crippen molar-refractivity contribution in [3.05, 3.63) is 35.7 Å². The highest BCUT2D eigenvalue weighted by Gasteiger charge is 2.52. The van der Waals surface area contributed by atoms with Crippen molar-refractivity contribution in [2.75, 3.05) is 13.2 Å². The van der Waals surface area contributed by atoms with Gasteiger partial charge in [0, 0.05) is 5.56 Å². The molecule has 4 heteroatoms. The Morgan fingerprint density at radius 1 is 1.44 bits per heavy atom. The molecule has 1 N–H and O–H groups in total. The van der Waals surface area contributed by atoms with E-state index in [1.165, 1.54) is 0 Å². The first-order chi connectivity index (χ1) is 8.49. The minimum absolute atomic E-state index is 0.00649. The zero-order valence-corrected chi connectivity index (χ0v) is 10.6. The smallest absolute Gasteiger partial charge is 0.232 e. The monoisotopic (exact) mass is 244 g/mol. The number of hydrogen-bond acceptors (Lipinski definition) is 3. The van der Waals surface area contributed by atoms with Crippen molar-refractivity contribution in [3.63, 3.8) is 0 Å². The summed E-state index contributed by atoms with van der Waals surface area (Å²) in [6.45, 7) is 8.57. The Labute approximate surface area is 106 Å². The van der Waals surface area contributed by atoms with E-state index in [1.807, 2.05) is 26.0 Å². The SMILES string of the molecule is C=Cc1ccc2c(n1)C(C)(C)C(=O)NC21COC1. The van der Waals surface area contributed by atoms with Crippen molar-refractivity contribution in [2.45, 2.75) is 24.8 Å². The lowest BCUT2D eigenvalue weighted by Crippen LogP contribution is -2.66. The maximum absolute atomic E-state index is 12.3. The Morgan fingerprint density at radius 2 is 2.17 bits per heavy atom. The molecule has 1 saturated heterocycles. The van der Waals surface area contributed by atoms with Gasteiger partial charge in [0.1, 0.15) is 5.54 Å². The number of aromatic nitrogens is 1. The summed E-state index contributed by atoms with van der Waals surface area (Å²) in [4.78, 5) is 16.8. The minimum atomic E-state index is -0.616. The van der Waals surface area contributed by atoms with Gasteiger partial charge in [0.2, 0.25) is 5.91 Å². The maximum Gasteiger partial charge on any atom is 0.232 e. The molecule has 0 saturated carbocycles. The third-order valence-corrected chi connectivity index (χ3v) is 3.85. The van der Waals surface area contributed by atoms with Gasteiger partial charge >= 0.3 is 0 Å². The fourth-order valence-corrected chi connectivity index (χ4v) is 2.53. The van der Waals surface area contributed by atoms with Crippen LogP contribution < -0.4 is 5.32 Å². The average molecular weight is 244 g/mol. The molecule has 1 aromatic rings. The molecule has 0 aliphatic carbocycles. The Balaban J connectivity index is 2.23. The third-order valence-electron chi connectivity index (χ3n) is 3.85. The molecule has 1 spiro atoms. The molecule has 1 aromatic heterocycles. The van der Waals surface area contributed by atoms with Crippen molar-refractivity contribution < 1.29 is 9.53 Å². The van der Waals surface area contributed by atoms with Crippen molar-refractivity contribution in [2.24, 2.45) is 0 Å². The largest absolute Gasteiger partial charge is 0.376 e. The summed E-state index contributed by atoms with van der Waals surface area (Å²) >= 11 is 0. The zero-order chi connectivity index (χ0) is 13.0. The van der Waals surface area contributed by atoms with Gasteiger partial charge in [-0.25, -0.2) is 0 Å². The summed E-state index contributed by atoms with van der Waals surface area (Å²) < 4.78 is 5.28. The number of carbonyl (C=O) groups is 1. The van der Waals surface area contributed by atoms with Crippen molar-refractivity contribution >= 4 is 12.0 Å². The molecule has 94 valence electrons. The van der Waals surface area contributed by atoms with Crippen LogP contribution in [-0.2, 0) is 20.5 Å². The lowest BCUT2D eigenvalue weighted by molar-refractivity contribution is -0.141. The second-order valence-electron chi connectivity index (χ2n) is 5.49. The predicted octanol–water partition coefficient (Wildman–Crippen LogP) is 1.36. The van der Waals surface area contributed by atoms with E-state index in [0.717, 1.165) is 17.0 Å². The summed E-state index contributed by atoms with van der Waals surface area (Å²) in [6.07, 6.45) is 1.70. The first-order valence-electron chi connectivity index (χ1n) is 6.04. The molecular formula is C14H16N2O2. The highest BCUT2D eigenvalue weighted by Crippen LogP contribution is 2.41. The second-order valence-corrected chi connectivity index (χ2v) is 5.49. The van der Waals surface area contributed by atoms with Crippen LogP contribution in [0.3, 0.4) is 0 Å². The number of nitrogens with one attached hydrogen (secondary N) is 1. The van der Waals surface area contributed by atoms with Gasteiger partial charge in [-0.2, -0.15) is 0 Å². The number of pyridine rings is 1. The van der Waals surface area contributed by atoms with Crippen molar-refractivity contribution in [1.82, 2.24) is 10.3 Å². The van der Waals surface area contributed by atoms with E-state index in [-0.39, 0.29) is 11.4 Å². The molecule has 0 unspecified atom stereocenters. The van der Waals surface area contributed by atoms with E-state index >= 15 is 0 Å². The van der Waals surface area contributed by atoms with Crippen LogP contribution in [0.25, 0.3) is 6.08 Å². The van der Waals surface area contributed by atoms with Gasteiger partial charge in [-0.3, -0.25) is 9.78 Å². The summed E-state index contributed by atoms with van der Waals surface area (Å²) in [5, 5.41) is 3.08. The second kappa shape index (κ2) is 3.42. The van der Waals surface area contributed by atoms with E-state index in [9.17, 15) is 4.79 Å². The summed E-state index contributed by atoms with van der Waals surface area (Å²) in [5.74, 6) is 0.00649. The van der Waals surface area contributed by atoms with E-state index in [2.05, 4.69) is 16.9 Å². The fourth-order valence-electron chi connectivity index (χ4n) is 2.53. The summed E-state index contributed by atoms with van der Waals surface area (Å²) in [7, 11) is 0. The van der Waals surface area contributed by atoms with Gasteiger partial charge in [-0.1, -0.05) is 12.6 Å². The topological polar surface area (TPSA) is 51.2 Å². The van der Waals surface area contributed by atoms with Gasteiger partial charge in [0.25, 0.3) is 0 Å². The minimum Gasteiger partial charge on any atom is -0.376 e. The van der Waals surface area contributed by atoms with Gasteiger partial charge in [-0.05, 0) is 26.0 Å². The van der Waals surface area contributed by atoms with Gasteiger partial charge in [0.05, 0.1) is 30.0 Å². The molecular weight excluding hydrogens is 228 g/mol. The highest BCUT2D eigenvalue weighted by atomic mass is 16.5. The first kappa shape index (κ1) is 11.4. The molecule has 1 amide bonds. The summed E-state index contributed by atoms with van der Waals surface area (Å²) in [5.41, 5.74) is 1.73. The lowest BCUT2D eigenvalue weighted by atomic mass is 9.73. The van der Waals surface area contributed by atoms with E-state index in [4.69, 9.17) is 4.74 Å². The Bertz CT molecular complexity index is 545. The van der Waals surface area contributed by atoms with Crippen LogP contribution >= 0.6 is 0 Å². The number of nitrogens with zero attached hydrogens (tertiary/aromatic N) is 1. The van der Waals surface area contributed by atoms with Gasteiger partial charge in [-0.15, -0.1) is 0 Å². The van der Waals surface area contributed by atoms with Gasteiger partial charge < -0.3 is 10.1 Å². The van der Waals surface area contributed by atoms with E-state index in [0.29, 0.717) is 13.2 Å². The molecule has 0 aromatic carbocycles. The van der Waals surface area contributed by atoms with E-state index < -0.39 is 5.41 Å². The fraction of sp³-hybridized carbons (Fsp3) is 0.429. The van der Waals surface area contributed by atoms with Crippen LogP contribution in [0.15, 0.2) is 18.7 Å². The van der Waals surface area contributed by atoms with Crippen LogP contribution in [-0.4, -0.2) is 24.1 Å². The molecule has 1 fully saturated rings. The third kappa shape index (κ3) is 1.29. The molecule has 3 rings (SSSR count). The lowest BCUT2D eigenvalue weighted by Gasteiger charge is -2.49. The van der Waals surface area contributed by atoms with Crippen molar-refractivity contribution in [3.8, 4) is 0 Å². The van der Waals surface area contributed by atoms with Crippen LogP contribution in [0.1, 0.15) is 30.8 Å². The van der Waals surface area contributed by atoms with Crippen LogP contribution in [0, 0.1) is 0 Å². The number of carbonyl (C=O) groups excluding carboxylic acids is 1. The highest BCUT2D eigenvalue weighted by molar-refractivity contribution is 5.90. The van der Waals surface area contributed by atoms with Crippen molar-refractivity contribution in [1.29, 1.82) is 0 Å². The molecule has 3 heterocycles. The summed E-state index contributed by atoms with van der Waals surface area (Å²) in [6, 6.07) is 3.96. The van der Waals surface area contributed by atoms with Crippen LogP contribution in [0.2, 0.25) is 0 Å². The molecule has 0 radical (unpaired) electrons. The standard InChI is InChI=1S/C14H16N2O2/c1-4-9-5-6-10-11(15-9)13(2,3)12(17)16-14(10)7-18-8-14/h4-6H,1,7-8H2,2-3H3,(H,16,17). The zero-order valence-electron chi connectivity index (χ0n) is 10.6. The van der Waals surface area contributed by atoms with E-state index in [1.54, 1.807) is 6.08 Å². The molecule has 4 nitrogen and oxygen atoms in total. The average Bonchev–Trinajstić information content (AvgIpc) is 2.31. The normalized spacial score (nSPS) is 22.9. The molecule has 18 heavy (non-hydrogen) atoms. The maximum atomic E-state index is 12.3. The van der Waals surface area contributed by atoms with Gasteiger partial charge in [0.15, 0.2) is 0 Å². The molecule has 2 aliphatic rings. The van der Waals surface area contributed by atoms with Crippen LogP contribution in [0.4, 0.5) is 0 Å². The molecule has 2 aliphatic heterocycles. The predicted molar refractivity (Wildman–Crippen MR) is 68.0 cm³/mol. The Morgan fingerprint density at radius 3 is 2.72 bits per heavy atom. The van der Waals surface area contributed by atoms with Crippen LogP contribution in [0.5, 0.6) is 0 Å². The molecule has 0 bridgehead atoms. The number of ether oxygens (including phenoxy) is 1. The number of rotatable bonds is 1. The number of fused-ring (bicyclic) bond motifs is 2.